The van der Waals surface area contributed by atoms with Gasteiger partial charge in [-0.25, -0.2) is 0 Å². The van der Waals surface area contributed by atoms with E-state index in [1.54, 1.807) is 0 Å². The molecule has 0 spiro atoms. The van der Waals surface area contributed by atoms with Crippen LogP contribution in [0.2, 0.25) is 0 Å². The molecule has 1 fully saturated rings. The van der Waals surface area contributed by atoms with Gasteiger partial charge in [0, 0.05) is 37.4 Å². The molecule has 145 valence electrons. The van der Waals surface area contributed by atoms with E-state index in [0.717, 1.165) is 75.1 Å². The average Bonchev–Trinajstić information content (AvgIpc) is 2.78. The fourth-order valence-electron chi connectivity index (χ4n) is 4.43. The third kappa shape index (κ3) is 3.80. The van der Waals surface area contributed by atoms with Crippen molar-refractivity contribution >= 4 is 24.5 Å². The summed E-state index contributed by atoms with van der Waals surface area (Å²) in [6.45, 7) is 2.96. The number of likely N-dealkylation sites (tertiary alicyclic amines) is 1. The number of nitrogens with one attached hydrogen (secondary N) is 1. The number of nitrogens with two attached hydrogens (primary N) is 1. The van der Waals surface area contributed by atoms with Gasteiger partial charge in [0.2, 0.25) is 0 Å². The van der Waals surface area contributed by atoms with E-state index in [-0.39, 0.29) is 5.91 Å². The summed E-state index contributed by atoms with van der Waals surface area (Å²) in [5.41, 5.74) is 11.7. The second-order valence-corrected chi connectivity index (χ2v) is 7.77. The molecule has 5 nitrogen and oxygen atoms in total. The summed E-state index contributed by atoms with van der Waals surface area (Å²) >= 11 is 0. The molecule has 0 bridgehead atoms. The quantitative estimate of drug-likeness (QED) is 0.711. The molecule has 0 aromatic heterocycles. The molecule has 2 aliphatic rings. The van der Waals surface area contributed by atoms with Gasteiger partial charge in [-0.2, -0.15) is 0 Å². The topological polar surface area (TPSA) is 78.6 Å². The van der Waals surface area contributed by atoms with Crippen LogP contribution in [-0.4, -0.2) is 42.9 Å². The molecule has 1 radical (unpaired) electrons. The lowest BCUT2D eigenvalue weighted by atomic mass is 9.79. The predicted octanol–water partition coefficient (Wildman–Crippen LogP) is 1.76. The lowest BCUT2D eigenvalue weighted by molar-refractivity contribution is 0.0713. The van der Waals surface area contributed by atoms with E-state index in [4.69, 9.17) is 5.73 Å². The number of fused-ring (bicyclic) bond motifs is 1. The molecule has 2 heterocycles. The number of nitrogens with zero attached hydrogens (tertiary/aromatic N) is 1. The van der Waals surface area contributed by atoms with Crippen molar-refractivity contribution in [3.8, 4) is 0 Å². The molecule has 1 saturated heterocycles. The molecule has 28 heavy (non-hydrogen) atoms. The van der Waals surface area contributed by atoms with Crippen molar-refractivity contribution in [3.63, 3.8) is 0 Å². The van der Waals surface area contributed by atoms with Gasteiger partial charge in [0.05, 0.1) is 0 Å². The number of anilines is 1. The lowest BCUT2D eigenvalue weighted by Gasteiger charge is -2.33. The van der Waals surface area contributed by atoms with Gasteiger partial charge >= 0.3 is 7.48 Å². The lowest BCUT2D eigenvalue weighted by Crippen LogP contribution is -2.38. The number of amides is 1. The van der Waals surface area contributed by atoms with Crippen molar-refractivity contribution in [1.82, 2.24) is 4.90 Å². The summed E-state index contributed by atoms with van der Waals surface area (Å²) in [5, 5.41) is 13.0. The Balaban J connectivity index is 1.47. The molecule has 6 heteroatoms. The van der Waals surface area contributed by atoms with Gasteiger partial charge < -0.3 is 21.0 Å². The SMILES string of the molecule is NCc1cccc(C2CCN(C(=O)c3cc([B]O)c4c(c3)NCCC4)CC2)c1. The highest BCUT2D eigenvalue weighted by atomic mass is 16.2. The zero-order valence-electron chi connectivity index (χ0n) is 16.2. The van der Waals surface area contributed by atoms with E-state index >= 15 is 0 Å². The van der Waals surface area contributed by atoms with Gasteiger partial charge in [-0.3, -0.25) is 4.79 Å². The van der Waals surface area contributed by atoms with E-state index in [9.17, 15) is 9.82 Å². The first kappa shape index (κ1) is 19.0. The number of rotatable bonds is 4. The van der Waals surface area contributed by atoms with Crippen LogP contribution in [0, 0.1) is 0 Å². The molecule has 2 aliphatic heterocycles. The van der Waals surface area contributed by atoms with Crippen LogP contribution < -0.4 is 16.5 Å². The summed E-state index contributed by atoms with van der Waals surface area (Å²) in [6, 6.07) is 12.3. The number of carbonyl (C=O) groups is 1. The van der Waals surface area contributed by atoms with Crippen LogP contribution in [0.1, 0.15) is 52.2 Å². The summed E-state index contributed by atoms with van der Waals surface area (Å²) in [7, 11) is 1.12. The molecule has 0 unspecified atom stereocenters. The van der Waals surface area contributed by atoms with Crippen LogP contribution in [0.15, 0.2) is 36.4 Å². The molecule has 4 N–H and O–H groups in total. The second-order valence-electron chi connectivity index (χ2n) is 7.77. The standard InChI is InChI=1S/C22H27BN3O2/c24-14-15-3-1-4-17(11-15)16-6-9-26(10-7-16)22(27)18-12-20(23-28)19-5-2-8-25-21(19)13-18/h1,3-4,11-13,16,25,28H,2,5-10,14,24H2. The van der Waals surface area contributed by atoms with E-state index in [2.05, 4.69) is 29.6 Å². The molecule has 0 aliphatic carbocycles. The minimum Gasteiger partial charge on any atom is -0.450 e. The predicted molar refractivity (Wildman–Crippen MR) is 113 cm³/mol. The molecule has 2 aromatic carbocycles. The Hall–Kier alpha value is -2.31. The third-order valence-electron chi connectivity index (χ3n) is 6.03. The van der Waals surface area contributed by atoms with Gasteiger partial charge in [-0.1, -0.05) is 30.3 Å². The Morgan fingerprint density at radius 3 is 2.82 bits per heavy atom. The van der Waals surface area contributed by atoms with Gasteiger partial charge in [0.25, 0.3) is 5.91 Å². The number of piperidine rings is 1. The highest BCUT2D eigenvalue weighted by Crippen LogP contribution is 2.30. The Morgan fingerprint density at radius 1 is 1.25 bits per heavy atom. The third-order valence-corrected chi connectivity index (χ3v) is 6.03. The van der Waals surface area contributed by atoms with E-state index in [1.807, 2.05) is 17.0 Å². The molecule has 4 rings (SSSR count). The number of carbonyl (C=O) groups excluding carboxylic acids is 1. The summed E-state index contributed by atoms with van der Waals surface area (Å²) in [6.07, 6.45) is 3.89. The molecular weight excluding hydrogens is 349 g/mol. The zero-order chi connectivity index (χ0) is 19.5. The van der Waals surface area contributed by atoms with Gasteiger partial charge in [0.15, 0.2) is 0 Å². The number of hydrogen-bond donors (Lipinski definition) is 3. The highest BCUT2D eigenvalue weighted by Gasteiger charge is 2.26. The Morgan fingerprint density at radius 2 is 2.07 bits per heavy atom. The Labute approximate surface area is 167 Å². The normalized spacial score (nSPS) is 17.0. The smallest absolute Gasteiger partial charge is 0.327 e. The maximum Gasteiger partial charge on any atom is 0.327 e. The highest BCUT2D eigenvalue weighted by molar-refractivity contribution is 6.46. The fraction of sp³-hybridized carbons (Fsp3) is 0.409. The largest absolute Gasteiger partial charge is 0.450 e. The van der Waals surface area contributed by atoms with Crippen LogP contribution in [0.4, 0.5) is 5.69 Å². The average molecular weight is 376 g/mol. The number of hydrogen-bond acceptors (Lipinski definition) is 4. The molecule has 0 atom stereocenters. The van der Waals surface area contributed by atoms with E-state index in [1.165, 1.54) is 5.56 Å². The fourth-order valence-corrected chi connectivity index (χ4v) is 4.43. The maximum absolute atomic E-state index is 13.1. The summed E-state index contributed by atoms with van der Waals surface area (Å²) < 4.78 is 0. The van der Waals surface area contributed by atoms with Crippen molar-refractivity contribution in [2.75, 3.05) is 25.0 Å². The summed E-state index contributed by atoms with van der Waals surface area (Å²) in [5.74, 6) is 0.523. The van der Waals surface area contributed by atoms with Gasteiger partial charge in [0.1, 0.15) is 0 Å². The number of benzene rings is 2. The first-order valence-electron chi connectivity index (χ1n) is 10.2. The van der Waals surface area contributed by atoms with Crippen molar-refractivity contribution in [2.45, 2.75) is 38.1 Å². The summed E-state index contributed by atoms with van der Waals surface area (Å²) in [4.78, 5) is 15.0. The molecular formula is C22H27BN3O2. The molecule has 1 amide bonds. The minimum atomic E-state index is 0.0485. The molecule has 0 saturated carbocycles. The minimum absolute atomic E-state index is 0.0485. The first-order valence-corrected chi connectivity index (χ1v) is 10.2. The van der Waals surface area contributed by atoms with Crippen molar-refractivity contribution in [1.29, 1.82) is 0 Å². The monoisotopic (exact) mass is 376 g/mol. The van der Waals surface area contributed by atoms with Crippen LogP contribution >= 0.6 is 0 Å². The van der Waals surface area contributed by atoms with Crippen LogP contribution in [0.25, 0.3) is 0 Å². The first-order chi connectivity index (χ1) is 13.7. The van der Waals surface area contributed by atoms with Crippen molar-refractivity contribution in [2.24, 2.45) is 5.73 Å². The van der Waals surface area contributed by atoms with Crippen LogP contribution in [0.5, 0.6) is 0 Å². The van der Waals surface area contributed by atoms with Gasteiger partial charge in [-0.15, -0.1) is 0 Å². The van der Waals surface area contributed by atoms with Crippen LogP contribution in [-0.2, 0) is 13.0 Å². The van der Waals surface area contributed by atoms with Crippen LogP contribution in [0.3, 0.4) is 0 Å². The second kappa shape index (κ2) is 8.37. The Kier molecular flexibility index (Phi) is 5.69. The van der Waals surface area contributed by atoms with Gasteiger partial charge in [-0.05, 0) is 59.8 Å². The van der Waals surface area contributed by atoms with Crippen molar-refractivity contribution < 1.29 is 9.82 Å². The van der Waals surface area contributed by atoms with E-state index in [0.29, 0.717) is 18.0 Å². The molecule has 2 aromatic rings. The zero-order valence-corrected chi connectivity index (χ0v) is 16.2. The maximum atomic E-state index is 13.1. The van der Waals surface area contributed by atoms with Crippen molar-refractivity contribution in [3.05, 3.63) is 58.7 Å². The van der Waals surface area contributed by atoms with E-state index < -0.39 is 0 Å². The Bertz CT molecular complexity index is 846.